The molecule has 2 aromatic rings. The Morgan fingerprint density at radius 3 is 2.57 bits per heavy atom. The molecule has 1 N–H and O–H groups in total. The van der Waals surface area contributed by atoms with Gasteiger partial charge in [0.2, 0.25) is 0 Å². The zero-order valence-corrected chi connectivity index (χ0v) is 14.6. The van der Waals surface area contributed by atoms with Crippen LogP contribution in [0, 0.1) is 6.92 Å². The van der Waals surface area contributed by atoms with Crippen molar-refractivity contribution in [2.75, 3.05) is 18.5 Å². The van der Waals surface area contributed by atoms with E-state index in [-0.39, 0.29) is 0 Å². The van der Waals surface area contributed by atoms with Gasteiger partial charge in [0, 0.05) is 30.3 Å². The molecule has 0 radical (unpaired) electrons. The van der Waals surface area contributed by atoms with Crippen LogP contribution in [0.1, 0.15) is 23.6 Å². The summed E-state index contributed by atoms with van der Waals surface area (Å²) in [6, 6.07) is 15.1. The zero-order chi connectivity index (χ0) is 15.2. The molecule has 0 aliphatic carbocycles. The highest BCUT2D eigenvalue weighted by Crippen LogP contribution is 2.24. The van der Waals surface area contributed by atoms with Crippen molar-refractivity contribution in [2.45, 2.75) is 26.9 Å². The number of halogens is 1. The van der Waals surface area contributed by atoms with Gasteiger partial charge in [-0.1, -0.05) is 53.2 Å². The van der Waals surface area contributed by atoms with Gasteiger partial charge in [0.1, 0.15) is 0 Å². The Labute approximate surface area is 136 Å². The lowest BCUT2D eigenvalue weighted by molar-refractivity contribution is 0.726. The third-order valence-electron chi connectivity index (χ3n) is 3.62. The van der Waals surface area contributed by atoms with E-state index < -0.39 is 0 Å². The van der Waals surface area contributed by atoms with E-state index in [1.54, 1.807) is 0 Å². The Balaban J connectivity index is 2.12. The topological polar surface area (TPSA) is 15.3 Å². The summed E-state index contributed by atoms with van der Waals surface area (Å²) in [5.74, 6) is 0. The molecule has 0 saturated heterocycles. The van der Waals surface area contributed by atoms with E-state index >= 15 is 0 Å². The maximum atomic E-state index is 3.62. The van der Waals surface area contributed by atoms with Gasteiger partial charge >= 0.3 is 0 Å². The Bertz CT molecular complexity index is 596. The van der Waals surface area contributed by atoms with Crippen LogP contribution < -0.4 is 10.2 Å². The first-order chi connectivity index (χ1) is 10.1. The van der Waals surface area contributed by atoms with Gasteiger partial charge in [-0.2, -0.15) is 0 Å². The van der Waals surface area contributed by atoms with Crippen LogP contribution in [0.3, 0.4) is 0 Å². The number of hydrogen-bond donors (Lipinski definition) is 1. The van der Waals surface area contributed by atoms with Gasteiger partial charge in [-0.05, 0) is 42.3 Å². The van der Waals surface area contributed by atoms with Crippen LogP contribution in [-0.4, -0.2) is 13.6 Å². The minimum absolute atomic E-state index is 0.898. The van der Waals surface area contributed by atoms with Crippen LogP contribution in [0.15, 0.2) is 46.9 Å². The van der Waals surface area contributed by atoms with Gasteiger partial charge in [0.25, 0.3) is 0 Å². The summed E-state index contributed by atoms with van der Waals surface area (Å²) in [7, 11) is 2.14. The third-order valence-corrected chi connectivity index (χ3v) is 4.39. The first kappa shape index (κ1) is 16.1. The number of nitrogens with zero attached hydrogens (tertiary/aromatic N) is 1. The van der Waals surface area contributed by atoms with E-state index in [1.165, 1.54) is 26.9 Å². The lowest BCUT2D eigenvalue weighted by Gasteiger charge is -2.23. The van der Waals surface area contributed by atoms with Crippen LogP contribution in [0.5, 0.6) is 0 Å². The molecule has 3 heteroatoms. The second kappa shape index (κ2) is 7.62. The Hall–Kier alpha value is -1.32. The van der Waals surface area contributed by atoms with Crippen molar-refractivity contribution in [3.63, 3.8) is 0 Å². The fourth-order valence-electron chi connectivity index (χ4n) is 2.49. The Kier molecular flexibility index (Phi) is 5.83. The molecule has 0 spiro atoms. The molecular formula is C18H23BrN2. The second-order valence-electron chi connectivity index (χ2n) is 5.35. The zero-order valence-electron chi connectivity index (χ0n) is 13.0. The number of benzene rings is 2. The van der Waals surface area contributed by atoms with Gasteiger partial charge in [-0.3, -0.25) is 0 Å². The van der Waals surface area contributed by atoms with Crippen molar-refractivity contribution < 1.29 is 0 Å². The maximum absolute atomic E-state index is 3.62. The standard InChI is InChI=1S/C18H23BrN2/c1-4-20-12-15-9-10-18(14(2)11-15)21(3)13-16-7-5-6-8-17(16)19/h5-11,20H,4,12-13H2,1-3H3. The molecule has 2 aromatic carbocycles. The third kappa shape index (κ3) is 4.32. The average molecular weight is 347 g/mol. The highest BCUT2D eigenvalue weighted by molar-refractivity contribution is 9.10. The number of nitrogens with one attached hydrogen (secondary N) is 1. The van der Waals surface area contributed by atoms with Crippen LogP contribution in [0.2, 0.25) is 0 Å². The van der Waals surface area contributed by atoms with Crippen molar-refractivity contribution in [1.82, 2.24) is 5.32 Å². The number of rotatable bonds is 6. The van der Waals surface area contributed by atoms with E-state index in [2.05, 4.69) is 83.4 Å². The van der Waals surface area contributed by atoms with E-state index in [0.29, 0.717) is 0 Å². The van der Waals surface area contributed by atoms with Crippen molar-refractivity contribution in [1.29, 1.82) is 0 Å². The van der Waals surface area contributed by atoms with Gasteiger partial charge in [-0.15, -0.1) is 0 Å². The first-order valence-corrected chi connectivity index (χ1v) is 8.16. The van der Waals surface area contributed by atoms with Crippen LogP contribution >= 0.6 is 15.9 Å². The summed E-state index contributed by atoms with van der Waals surface area (Å²) in [6.07, 6.45) is 0. The second-order valence-corrected chi connectivity index (χ2v) is 6.20. The summed E-state index contributed by atoms with van der Waals surface area (Å²) >= 11 is 3.62. The lowest BCUT2D eigenvalue weighted by atomic mass is 10.1. The highest BCUT2D eigenvalue weighted by Gasteiger charge is 2.08. The van der Waals surface area contributed by atoms with E-state index in [4.69, 9.17) is 0 Å². The SMILES string of the molecule is CCNCc1ccc(N(C)Cc2ccccc2Br)c(C)c1. The van der Waals surface area contributed by atoms with Gasteiger partial charge in [0.05, 0.1) is 0 Å². The molecule has 0 aliphatic rings. The van der Waals surface area contributed by atoms with E-state index in [9.17, 15) is 0 Å². The minimum atomic E-state index is 0.898. The molecule has 2 rings (SSSR count). The van der Waals surface area contributed by atoms with E-state index in [0.717, 1.165) is 19.6 Å². The largest absolute Gasteiger partial charge is 0.370 e. The predicted molar refractivity (Wildman–Crippen MR) is 94.8 cm³/mol. The summed E-state index contributed by atoms with van der Waals surface area (Å²) in [5, 5.41) is 3.37. The van der Waals surface area contributed by atoms with Crippen molar-refractivity contribution in [3.8, 4) is 0 Å². The monoisotopic (exact) mass is 346 g/mol. The van der Waals surface area contributed by atoms with Crippen LogP contribution in [0.4, 0.5) is 5.69 Å². The number of hydrogen-bond acceptors (Lipinski definition) is 2. The molecule has 0 aromatic heterocycles. The normalized spacial score (nSPS) is 10.7. The summed E-state index contributed by atoms with van der Waals surface area (Å²) in [5.41, 5.74) is 5.24. The molecule has 0 atom stereocenters. The molecule has 21 heavy (non-hydrogen) atoms. The lowest BCUT2D eigenvalue weighted by Crippen LogP contribution is -2.18. The fourth-order valence-corrected chi connectivity index (χ4v) is 2.90. The van der Waals surface area contributed by atoms with Gasteiger partial charge in [-0.25, -0.2) is 0 Å². The molecule has 2 nitrogen and oxygen atoms in total. The number of aryl methyl sites for hydroxylation is 1. The first-order valence-electron chi connectivity index (χ1n) is 7.36. The smallest absolute Gasteiger partial charge is 0.0437 e. The van der Waals surface area contributed by atoms with Crippen molar-refractivity contribution >= 4 is 21.6 Å². The van der Waals surface area contributed by atoms with Gasteiger partial charge in [0.15, 0.2) is 0 Å². The Morgan fingerprint density at radius 2 is 1.90 bits per heavy atom. The maximum Gasteiger partial charge on any atom is 0.0437 e. The Morgan fingerprint density at radius 1 is 1.14 bits per heavy atom. The van der Waals surface area contributed by atoms with Crippen LogP contribution in [0.25, 0.3) is 0 Å². The van der Waals surface area contributed by atoms with Crippen molar-refractivity contribution in [2.24, 2.45) is 0 Å². The average Bonchev–Trinajstić information content (AvgIpc) is 2.47. The molecule has 0 heterocycles. The van der Waals surface area contributed by atoms with Crippen molar-refractivity contribution in [3.05, 3.63) is 63.6 Å². The molecule has 0 saturated carbocycles. The molecule has 0 fully saturated rings. The molecule has 0 bridgehead atoms. The quantitative estimate of drug-likeness (QED) is 0.828. The molecule has 0 aliphatic heterocycles. The molecular weight excluding hydrogens is 324 g/mol. The molecule has 0 unspecified atom stereocenters. The molecule has 112 valence electrons. The summed E-state index contributed by atoms with van der Waals surface area (Å²) < 4.78 is 1.17. The minimum Gasteiger partial charge on any atom is -0.370 e. The van der Waals surface area contributed by atoms with E-state index in [1.807, 2.05) is 6.07 Å². The number of anilines is 1. The fraction of sp³-hybridized carbons (Fsp3) is 0.333. The molecule has 0 amide bonds. The van der Waals surface area contributed by atoms with Gasteiger partial charge < -0.3 is 10.2 Å². The highest BCUT2D eigenvalue weighted by atomic mass is 79.9. The predicted octanol–water partition coefficient (Wildman–Crippen LogP) is 4.50. The van der Waals surface area contributed by atoms with Crippen LogP contribution in [-0.2, 0) is 13.1 Å². The summed E-state index contributed by atoms with van der Waals surface area (Å²) in [4.78, 5) is 2.30. The summed E-state index contributed by atoms with van der Waals surface area (Å²) in [6.45, 7) is 7.15.